The van der Waals surface area contributed by atoms with Crippen LogP contribution in [0.5, 0.6) is 86.2 Å². The SMILES string of the molecule is Oc1cc(O)c2c(c1)O[C@@]1(c3ccc(O)c(O)c3)Oc3cc(O)c4c(c3[C@H]2[C@H]1O[C@@H]1OC[C@H](O)[C@H](O)[C@H]1O)O[C@H](c1ccc(O)c(O)c1)[C@H](O)C4c1c(O)cc(O)c2c1O[C@H](c1ccc(O)c(O)c1)[C@H](O)C2. The highest BCUT2D eigenvalue weighted by Crippen LogP contribution is 2.66. The van der Waals surface area contributed by atoms with Crippen LogP contribution in [0.15, 0.2) is 78.9 Å². The third kappa shape index (κ3) is 6.98. The van der Waals surface area contributed by atoms with Crippen molar-refractivity contribution < 1.29 is 110 Å². The Balaban J connectivity index is 1.20. The van der Waals surface area contributed by atoms with Crippen molar-refractivity contribution in [2.24, 2.45) is 0 Å². The Hall–Kier alpha value is -7.96. The first-order chi connectivity index (χ1) is 34.3. The molecule has 0 aromatic heterocycles. The summed E-state index contributed by atoms with van der Waals surface area (Å²) < 4.78 is 38.7. The first kappa shape index (κ1) is 46.4. The van der Waals surface area contributed by atoms with Gasteiger partial charge in [-0.1, -0.05) is 12.1 Å². The molecule has 16 N–H and O–H groups in total. The number of fused-ring (bicyclic) bond motifs is 9. The lowest BCUT2D eigenvalue weighted by Crippen LogP contribution is -2.62. The van der Waals surface area contributed by atoms with Crippen LogP contribution < -0.4 is 18.9 Å². The number of benzene rings is 6. The van der Waals surface area contributed by atoms with E-state index in [4.69, 9.17) is 28.4 Å². The van der Waals surface area contributed by atoms with Gasteiger partial charge in [-0.3, -0.25) is 0 Å². The second-order valence-electron chi connectivity index (χ2n) is 18.2. The second-order valence-corrected chi connectivity index (χ2v) is 18.2. The fraction of sp³-hybridized carbons (Fsp3) is 0.280. The largest absolute Gasteiger partial charge is 0.508 e. The molecule has 0 saturated carbocycles. The molecule has 5 aliphatic heterocycles. The van der Waals surface area contributed by atoms with Crippen molar-refractivity contribution in [2.45, 2.75) is 79.2 Å². The summed E-state index contributed by atoms with van der Waals surface area (Å²) in [5.41, 5.74) is -1.05. The number of aliphatic hydroxyl groups is 5. The van der Waals surface area contributed by atoms with Crippen LogP contribution in [-0.2, 0) is 21.7 Å². The van der Waals surface area contributed by atoms with Gasteiger partial charge in [-0.15, -0.1) is 0 Å². The van der Waals surface area contributed by atoms with Crippen LogP contribution in [0.1, 0.15) is 68.6 Å². The highest BCUT2D eigenvalue weighted by molar-refractivity contribution is 5.72. The van der Waals surface area contributed by atoms with Gasteiger partial charge in [-0.05, 0) is 53.6 Å². The minimum atomic E-state index is -2.45. The molecular formula is C50H44O22. The monoisotopic (exact) mass is 996 g/mol. The lowest BCUT2D eigenvalue weighted by Gasteiger charge is -2.53. The molecule has 12 atom stereocenters. The standard InChI is InChI=1S/C50H44O22/c51-19-10-28(59)35-33(11-19)71-50(18-3-6-23(54)27(58)9-18)48(70-49-43(66)41(64)32(63)15-67-49)40(35)38-34(72-50)14-30(61)37-39(42(65)45(69-47(37)38)17-2-5-22(53)26(57)8-17)36-29(60)13-24(55)20-12-31(62)44(68-46(20)36)16-1-4-21(52)25(56)7-16/h1-11,13-14,31-32,39-45,48-49,51-66H,12,15H2/t31-,32+,39?,40+,41+,42-,43-,44-,45-,48-,49+,50+/m1/s1. The highest BCUT2D eigenvalue weighted by atomic mass is 16.8. The summed E-state index contributed by atoms with van der Waals surface area (Å²) in [7, 11) is 0. The molecule has 2 bridgehead atoms. The molecule has 0 spiro atoms. The third-order valence-electron chi connectivity index (χ3n) is 13.9. The van der Waals surface area contributed by atoms with Crippen molar-refractivity contribution in [3.63, 3.8) is 0 Å². The number of hydrogen-bond donors (Lipinski definition) is 16. The van der Waals surface area contributed by atoms with Crippen molar-refractivity contribution >= 4 is 0 Å². The van der Waals surface area contributed by atoms with E-state index < -0.39 is 143 Å². The smallest absolute Gasteiger partial charge is 0.305 e. The molecule has 1 saturated heterocycles. The maximum atomic E-state index is 12.8. The Bertz CT molecular complexity index is 3200. The average molecular weight is 997 g/mol. The van der Waals surface area contributed by atoms with Crippen molar-refractivity contribution in [2.75, 3.05) is 6.61 Å². The van der Waals surface area contributed by atoms with E-state index in [0.29, 0.717) is 0 Å². The zero-order valence-corrected chi connectivity index (χ0v) is 36.9. The molecule has 11 rings (SSSR count). The average Bonchev–Trinajstić information content (AvgIpc) is 3.32. The Kier molecular flexibility index (Phi) is 10.7. The summed E-state index contributed by atoms with van der Waals surface area (Å²) in [5.74, 6) is -13.8. The lowest BCUT2D eigenvalue weighted by atomic mass is 9.71. The summed E-state index contributed by atoms with van der Waals surface area (Å²) in [5, 5.41) is 178. The first-order valence-electron chi connectivity index (χ1n) is 22.2. The fourth-order valence-corrected chi connectivity index (χ4v) is 10.5. The Morgan fingerprint density at radius 3 is 1.68 bits per heavy atom. The molecule has 376 valence electrons. The molecule has 5 heterocycles. The van der Waals surface area contributed by atoms with E-state index in [-0.39, 0.29) is 73.9 Å². The zero-order chi connectivity index (χ0) is 51.0. The van der Waals surface area contributed by atoms with Crippen LogP contribution in [0.2, 0.25) is 0 Å². The fourth-order valence-electron chi connectivity index (χ4n) is 10.5. The molecule has 6 aromatic carbocycles. The molecule has 22 nitrogen and oxygen atoms in total. The first-order valence-corrected chi connectivity index (χ1v) is 22.2. The van der Waals surface area contributed by atoms with Gasteiger partial charge in [0.25, 0.3) is 0 Å². The van der Waals surface area contributed by atoms with E-state index in [1.807, 2.05) is 0 Å². The number of aliphatic hydroxyl groups excluding tert-OH is 5. The maximum absolute atomic E-state index is 12.8. The van der Waals surface area contributed by atoms with E-state index in [2.05, 4.69) is 0 Å². The lowest BCUT2D eigenvalue weighted by molar-refractivity contribution is -0.327. The van der Waals surface area contributed by atoms with Crippen LogP contribution in [0.25, 0.3) is 0 Å². The number of phenolic OH excluding ortho intramolecular Hbond substituents is 11. The maximum Gasteiger partial charge on any atom is 0.305 e. The van der Waals surface area contributed by atoms with E-state index in [0.717, 1.165) is 60.7 Å². The molecule has 72 heavy (non-hydrogen) atoms. The molecule has 6 aromatic rings. The van der Waals surface area contributed by atoms with Gasteiger partial charge in [0.1, 0.15) is 82.3 Å². The van der Waals surface area contributed by atoms with Crippen LogP contribution in [0.3, 0.4) is 0 Å². The molecular weight excluding hydrogens is 953 g/mol. The van der Waals surface area contributed by atoms with Gasteiger partial charge >= 0.3 is 5.79 Å². The molecule has 1 unspecified atom stereocenters. The molecule has 0 radical (unpaired) electrons. The van der Waals surface area contributed by atoms with Crippen molar-refractivity contribution in [1.82, 2.24) is 0 Å². The van der Waals surface area contributed by atoms with Gasteiger partial charge in [0.2, 0.25) is 0 Å². The van der Waals surface area contributed by atoms with E-state index in [1.54, 1.807) is 0 Å². The van der Waals surface area contributed by atoms with E-state index >= 15 is 0 Å². The Labute approximate surface area is 404 Å². The Morgan fingerprint density at radius 1 is 0.458 bits per heavy atom. The Morgan fingerprint density at radius 2 is 1.03 bits per heavy atom. The normalized spacial score (nSPS) is 28.9. The van der Waals surface area contributed by atoms with Crippen LogP contribution in [0, 0.1) is 0 Å². The molecule has 1 fully saturated rings. The van der Waals surface area contributed by atoms with Crippen LogP contribution >= 0.6 is 0 Å². The van der Waals surface area contributed by atoms with Gasteiger partial charge in [0, 0.05) is 64.1 Å². The minimum Gasteiger partial charge on any atom is -0.508 e. The van der Waals surface area contributed by atoms with Gasteiger partial charge in [-0.2, -0.15) is 0 Å². The van der Waals surface area contributed by atoms with Gasteiger partial charge in [0.15, 0.2) is 53.0 Å². The number of ether oxygens (including phenoxy) is 6. The van der Waals surface area contributed by atoms with Crippen molar-refractivity contribution in [1.29, 1.82) is 0 Å². The number of hydrogen-bond acceptors (Lipinski definition) is 22. The molecule has 0 aliphatic carbocycles. The van der Waals surface area contributed by atoms with Crippen LogP contribution in [-0.4, -0.2) is 131 Å². The summed E-state index contributed by atoms with van der Waals surface area (Å²) in [4.78, 5) is 0. The highest BCUT2D eigenvalue weighted by Gasteiger charge is 2.63. The van der Waals surface area contributed by atoms with Crippen LogP contribution in [0.4, 0.5) is 0 Å². The number of phenols is 11. The molecule has 5 aliphatic rings. The van der Waals surface area contributed by atoms with Crippen molar-refractivity contribution in [3.05, 3.63) is 123 Å². The predicted octanol–water partition coefficient (Wildman–Crippen LogP) is 2.71. The number of aromatic hydroxyl groups is 11. The summed E-state index contributed by atoms with van der Waals surface area (Å²) in [6.07, 6.45) is -15.8. The number of rotatable bonds is 6. The molecule has 22 heteroatoms. The quantitative estimate of drug-likeness (QED) is 0.107. The summed E-state index contributed by atoms with van der Waals surface area (Å²) >= 11 is 0. The van der Waals surface area contributed by atoms with Gasteiger partial charge < -0.3 is 110 Å². The van der Waals surface area contributed by atoms with E-state index in [1.165, 1.54) is 18.2 Å². The summed E-state index contributed by atoms with van der Waals surface area (Å²) in [6.45, 7) is -0.567. The predicted molar refractivity (Wildman–Crippen MR) is 239 cm³/mol. The van der Waals surface area contributed by atoms with E-state index in [9.17, 15) is 81.7 Å². The minimum absolute atomic E-state index is 0.0173. The van der Waals surface area contributed by atoms with Gasteiger partial charge in [0.05, 0.1) is 24.5 Å². The third-order valence-corrected chi connectivity index (χ3v) is 13.9. The second kappa shape index (κ2) is 16.6. The molecule has 0 amide bonds. The van der Waals surface area contributed by atoms with Gasteiger partial charge in [-0.25, -0.2) is 0 Å². The topological polar surface area (TPSA) is 379 Å². The zero-order valence-electron chi connectivity index (χ0n) is 36.9. The summed E-state index contributed by atoms with van der Waals surface area (Å²) in [6, 6.07) is 14.5. The van der Waals surface area contributed by atoms with Crippen molar-refractivity contribution in [3.8, 4) is 86.2 Å².